The molecule has 1 aliphatic rings. The first-order valence-electron chi connectivity index (χ1n) is 7.84. The molecule has 0 spiro atoms. The molecule has 23 heavy (non-hydrogen) atoms. The Labute approximate surface area is 135 Å². The van der Waals surface area contributed by atoms with E-state index < -0.39 is 0 Å². The quantitative estimate of drug-likeness (QED) is 0.808. The number of imidazole rings is 1. The van der Waals surface area contributed by atoms with Crippen molar-refractivity contribution >= 4 is 11.5 Å². The molecule has 0 atom stereocenters. The van der Waals surface area contributed by atoms with Gasteiger partial charge < -0.3 is 10.1 Å². The van der Waals surface area contributed by atoms with E-state index >= 15 is 0 Å². The first-order valence-corrected chi connectivity index (χ1v) is 7.84. The van der Waals surface area contributed by atoms with Crippen molar-refractivity contribution in [3.63, 3.8) is 0 Å². The second kappa shape index (κ2) is 6.01. The molecule has 3 aromatic rings. The Morgan fingerprint density at radius 3 is 2.87 bits per heavy atom. The van der Waals surface area contributed by atoms with Crippen LogP contribution in [0, 0.1) is 6.92 Å². The number of nitrogens with zero attached hydrogens (tertiary/aromatic N) is 3. The molecule has 0 saturated carbocycles. The Balaban J connectivity index is 1.68. The van der Waals surface area contributed by atoms with E-state index in [4.69, 9.17) is 16.8 Å². The fourth-order valence-electron chi connectivity index (χ4n) is 2.90. The molecule has 2 aromatic heterocycles. The van der Waals surface area contributed by atoms with E-state index in [1.165, 1.54) is 0 Å². The summed E-state index contributed by atoms with van der Waals surface area (Å²) in [6.07, 6.45) is 3.84. The zero-order valence-electron chi connectivity index (χ0n) is 12.8. The fraction of sp³-hybridized carbons (Fsp3) is 0.278. The predicted molar refractivity (Wildman–Crippen MR) is 89.3 cm³/mol. The minimum atomic E-state index is 0.410. The Kier molecular flexibility index (Phi) is 3.71. The number of ether oxygens (including phenoxy) is 1. The average molecular weight is 306 g/mol. The van der Waals surface area contributed by atoms with Gasteiger partial charge in [0.1, 0.15) is 5.82 Å². The zero-order chi connectivity index (χ0) is 15.6. The smallest absolute Gasteiger partial charge is 0.154 e. The molecule has 5 heteroatoms. The van der Waals surface area contributed by atoms with Crippen LogP contribution in [0.2, 0.25) is 0 Å². The van der Waals surface area contributed by atoms with Gasteiger partial charge in [-0.25, -0.2) is 9.50 Å². The van der Waals surface area contributed by atoms with Crippen molar-refractivity contribution in [3.8, 4) is 11.3 Å². The number of aromatic nitrogens is 3. The third-order valence-corrected chi connectivity index (χ3v) is 4.12. The summed E-state index contributed by atoms with van der Waals surface area (Å²) < 4.78 is 7.25. The molecule has 1 fully saturated rings. The van der Waals surface area contributed by atoms with Gasteiger partial charge in [0.25, 0.3) is 0 Å². The highest BCUT2D eigenvalue weighted by molar-refractivity contribution is 5.64. The lowest BCUT2D eigenvalue weighted by molar-refractivity contribution is 0.0903. The Morgan fingerprint density at radius 1 is 1.17 bits per heavy atom. The maximum Gasteiger partial charge on any atom is 0.154 e. The maximum absolute atomic E-state index is 5.89. The molecule has 3 heterocycles. The summed E-state index contributed by atoms with van der Waals surface area (Å²) in [5, 5.41) is 8.19. The van der Waals surface area contributed by atoms with Crippen LogP contribution in [0.15, 0.2) is 42.6 Å². The van der Waals surface area contributed by atoms with Crippen molar-refractivity contribution in [2.75, 3.05) is 18.5 Å². The van der Waals surface area contributed by atoms with Gasteiger partial charge in [-0.15, -0.1) is 5.10 Å². The lowest BCUT2D eigenvalue weighted by Gasteiger charge is -2.23. The zero-order valence-corrected chi connectivity index (χ0v) is 12.8. The SMILES string of the molecule is [CH]c1cccc(-c2cnc3ccc(NC4CCOCC4)nn23)c1. The lowest BCUT2D eigenvalue weighted by atomic mass is 10.1. The predicted octanol–water partition coefficient (Wildman–Crippen LogP) is 3.05. The molecule has 1 aromatic carbocycles. The second-order valence-corrected chi connectivity index (χ2v) is 5.79. The molecule has 1 N–H and O–H groups in total. The minimum absolute atomic E-state index is 0.410. The van der Waals surface area contributed by atoms with Gasteiger partial charge in [0, 0.05) is 24.8 Å². The Bertz CT molecular complexity index is 821. The van der Waals surface area contributed by atoms with Crippen LogP contribution in [0.25, 0.3) is 16.9 Å². The standard InChI is InChI=1S/C18H18N4O/c1-13-3-2-4-14(11-13)16-12-19-18-6-5-17(21-22(16)18)20-15-7-9-23-10-8-15/h1-6,11-12,15H,7-10H2,(H,20,21). The summed E-state index contributed by atoms with van der Waals surface area (Å²) in [5.74, 6) is 0.854. The van der Waals surface area contributed by atoms with Crippen LogP contribution in [-0.4, -0.2) is 33.9 Å². The molecular weight excluding hydrogens is 288 g/mol. The van der Waals surface area contributed by atoms with E-state index in [1.54, 1.807) is 0 Å². The van der Waals surface area contributed by atoms with Gasteiger partial charge in [0.15, 0.2) is 5.65 Å². The fourth-order valence-corrected chi connectivity index (χ4v) is 2.90. The molecule has 116 valence electrons. The first-order chi connectivity index (χ1) is 11.3. The van der Waals surface area contributed by atoms with Crippen LogP contribution in [0.4, 0.5) is 5.82 Å². The number of hydrogen-bond donors (Lipinski definition) is 1. The van der Waals surface area contributed by atoms with Gasteiger partial charge in [-0.2, -0.15) is 0 Å². The Morgan fingerprint density at radius 2 is 2.04 bits per heavy atom. The van der Waals surface area contributed by atoms with E-state index in [-0.39, 0.29) is 0 Å². The molecule has 0 aliphatic carbocycles. The number of hydrogen-bond acceptors (Lipinski definition) is 4. The summed E-state index contributed by atoms with van der Waals surface area (Å²) in [6.45, 7) is 7.50. The van der Waals surface area contributed by atoms with E-state index in [0.717, 1.165) is 54.3 Å². The largest absolute Gasteiger partial charge is 0.381 e. The number of anilines is 1. The summed E-state index contributed by atoms with van der Waals surface area (Å²) >= 11 is 0. The highest BCUT2D eigenvalue weighted by Crippen LogP contribution is 2.22. The van der Waals surface area contributed by atoms with Crippen LogP contribution in [0.3, 0.4) is 0 Å². The van der Waals surface area contributed by atoms with E-state index in [9.17, 15) is 0 Å². The lowest BCUT2D eigenvalue weighted by Crippen LogP contribution is -2.28. The molecular formula is C18H18N4O. The van der Waals surface area contributed by atoms with Crippen molar-refractivity contribution in [2.45, 2.75) is 18.9 Å². The molecule has 0 amide bonds. The van der Waals surface area contributed by atoms with Gasteiger partial charge >= 0.3 is 0 Å². The number of nitrogens with one attached hydrogen (secondary N) is 1. The van der Waals surface area contributed by atoms with Crippen LogP contribution in [-0.2, 0) is 4.74 Å². The molecule has 5 nitrogen and oxygen atoms in total. The number of rotatable bonds is 3. The Hall–Kier alpha value is -2.40. The summed E-state index contributed by atoms with van der Waals surface area (Å²) in [5.41, 5.74) is 3.49. The van der Waals surface area contributed by atoms with Crippen molar-refractivity contribution in [2.24, 2.45) is 0 Å². The molecule has 2 radical (unpaired) electrons. The summed E-state index contributed by atoms with van der Waals surface area (Å²) in [7, 11) is 0. The summed E-state index contributed by atoms with van der Waals surface area (Å²) in [4.78, 5) is 4.42. The average Bonchev–Trinajstić information content (AvgIpc) is 2.99. The minimum Gasteiger partial charge on any atom is -0.381 e. The number of benzene rings is 1. The maximum atomic E-state index is 5.89. The molecule has 1 saturated heterocycles. The van der Waals surface area contributed by atoms with Crippen molar-refractivity contribution in [3.05, 3.63) is 55.1 Å². The van der Waals surface area contributed by atoms with Gasteiger partial charge in [0.2, 0.25) is 0 Å². The first kappa shape index (κ1) is 14.2. The third kappa shape index (κ3) is 2.92. The highest BCUT2D eigenvalue weighted by atomic mass is 16.5. The van der Waals surface area contributed by atoms with Crippen LogP contribution >= 0.6 is 0 Å². The van der Waals surface area contributed by atoms with Crippen molar-refractivity contribution < 1.29 is 4.74 Å². The highest BCUT2D eigenvalue weighted by Gasteiger charge is 2.15. The van der Waals surface area contributed by atoms with E-state index in [0.29, 0.717) is 6.04 Å². The van der Waals surface area contributed by atoms with Crippen LogP contribution < -0.4 is 5.32 Å². The van der Waals surface area contributed by atoms with Gasteiger partial charge in [0.05, 0.1) is 11.9 Å². The van der Waals surface area contributed by atoms with Crippen LogP contribution in [0.1, 0.15) is 18.4 Å². The van der Waals surface area contributed by atoms with E-state index in [1.807, 2.05) is 47.1 Å². The van der Waals surface area contributed by atoms with Gasteiger partial charge in [-0.1, -0.05) is 18.2 Å². The summed E-state index contributed by atoms with van der Waals surface area (Å²) in [6, 6.07) is 12.1. The van der Waals surface area contributed by atoms with Gasteiger partial charge in [-0.3, -0.25) is 0 Å². The third-order valence-electron chi connectivity index (χ3n) is 4.12. The molecule has 1 aliphatic heterocycles. The molecule has 4 rings (SSSR count). The normalized spacial score (nSPS) is 15.9. The van der Waals surface area contributed by atoms with Crippen molar-refractivity contribution in [1.82, 2.24) is 14.6 Å². The topological polar surface area (TPSA) is 51.5 Å². The second-order valence-electron chi connectivity index (χ2n) is 5.79. The van der Waals surface area contributed by atoms with Crippen molar-refractivity contribution in [1.29, 1.82) is 0 Å². The number of fused-ring (bicyclic) bond motifs is 1. The molecule has 0 unspecified atom stereocenters. The van der Waals surface area contributed by atoms with Gasteiger partial charge in [-0.05, 0) is 43.5 Å². The monoisotopic (exact) mass is 306 g/mol. The molecule has 0 bridgehead atoms. The van der Waals surface area contributed by atoms with Crippen LogP contribution in [0.5, 0.6) is 0 Å². The van der Waals surface area contributed by atoms with E-state index in [2.05, 4.69) is 10.3 Å².